The molecule has 1 N–H and O–H groups in total. The lowest BCUT2D eigenvalue weighted by Gasteiger charge is -2.36. The second-order valence-electron chi connectivity index (χ2n) is 6.14. The molecule has 116 valence electrons. The third-order valence-corrected chi connectivity index (χ3v) is 4.48. The van der Waals surface area contributed by atoms with E-state index in [9.17, 15) is 23.1 Å². The Labute approximate surface area is 122 Å². The lowest BCUT2D eigenvalue weighted by atomic mass is 9.68. The average molecular weight is 300 g/mol. The summed E-state index contributed by atoms with van der Waals surface area (Å²) in [6.07, 6.45) is -1.55. The molecular weight excluding hydrogens is 281 g/mol. The van der Waals surface area contributed by atoms with Crippen LogP contribution in [0.5, 0.6) is 0 Å². The van der Waals surface area contributed by atoms with Crippen LogP contribution in [0.1, 0.15) is 43.7 Å². The van der Waals surface area contributed by atoms with Crippen LogP contribution in [0.25, 0.3) is 0 Å². The molecule has 1 aliphatic carbocycles. The van der Waals surface area contributed by atoms with Gasteiger partial charge in [0.2, 0.25) is 0 Å². The number of carboxylic acid groups (broad SMARTS) is 1. The fourth-order valence-electron chi connectivity index (χ4n) is 3.03. The number of carboxylic acids is 1. The molecule has 0 atom stereocenters. The summed E-state index contributed by atoms with van der Waals surface area (Å²) in [4.78, 5) is 11.6. The van der Waals surface area contributed by atoms with Crippen molar-refractivity contribution in [2.75, 3.05) is 0 Å². The molecule has 0 bridgehead atoms. The number of hydrogen-bond donors (Lipinski definition) is 1. The van der Waals surface area contributed by atoms with E-state index in [4.69, 9.17) is 0 Å². The van der Waals surface area contributed by atoms with E-state index in [1.54, 1.807) is 6.07 Å². The van der Waals surface area contributed by atoms with E-state index >= 15 is 0 Å². The second kappa shape index (κ2) is 5.70. The first-order chi connectivity index (χ1) is 9.73. The van der Waals surface area contributed by atoms with Crippen molar-refractivity contribution in [3.05, 3.63) is 35.4 Å². The molecule has 0 heterocycles. The summed E-state index contributed by atoms with van der Waals surface area (Å²) in [6.45, 7) is 2.08. The maximum absolute atomic E-state index is 12.7. The first kappa shape index (κ1) is 15.9. The van der Waals surface area contributed by atoms with Gasteiger partial charge in [0, 0.05) is 0 Å². The zero-order valence-corrected chi connectivity index (χ0v) is 11.9. The Morgan fingerprint density at radius 3 is 2.48 bits per heavy atom. The zero-order chi connectivity index (χ0) is 15.7. The number of rotatable bonds is 3. The first-order valence-electron chi connectivity index (χ1n) is 7.12. The fraction of sp³-hybridized carbons (Fsp3) is 0.562. The fourth-order valence-corrected chi connectivity index (χ4v) is 3.03. The molecule has 2 nitrogen and oxygen atoms in total. The van der Waals surface area contributed by atoms with Crippen molar-refractivity contribution >= 4 is 5.97 Å². The second-order valence-corrected chi connectivity index (χ2v) is 6.14. The number of aliphatic carboxylic acids is 1. The number of benzene rings is 1. The summed E-state index contributed by atoms with van der Waals surface area (Å²) in [7, 11) is 0. The number of alkyl halides is 3. The van der Waals surface area contributed by atoms with Crippen LogP contribution in [0.3, 0.4) is 0 Å². The van der Waals surface area contributed by atoms with Crippen LogP contribution in [0.15, 0.2) is 24.3 Å². The minimum Gasteiger partial charge on any atom is -0.481 e. The largest absolute Gasteiger partial charge is 0.481 e. The molecule has 1 fully saturated rings. The highest BCUT2D eigenvalue weighted by atomic mass is 19.4. The molecule has 1 saturated carbocycles. The molecule has 1 aliphatic rings. The summed E-state index contributed by atoms with van der Waals surface area (Å²) >= 11 is 0. The van der Waals surface area contributed by atoms with Crippen LogP contribution in [0, 0.1) is 11.3 Å². The maximum atomic E-state index is 12.7. The van der Waals surface area contributed by atoms with Gasteiger partial charge in [-0.25, -0.2) is 0 Å². The van der Waals surface area contributed by atoms with E-state index in [1.165, 1.54) is 6.07 Å². The summed E-state index contributed by atoms with van der Waals surface area (Å²) < 4.78 is 38.2. The molecule has 0 spiro atoms. The SMILES string of the molecule is CC1CCC(Cc2cccc(C(F)(F)F)c2)(C(=O)O)CC1. The van der Waals surface area contributed by atoms with Crippen LogP contribution in [-0.2, 0) is 17.4 Å². The van der Waals surface area contributed by atoms with Gasteiger partial charge in [-0.1, -0.05) is 25.1 Å². The standard InChI is InChI=1S/C16H19F3O2/c1-11-5-7-15(8-6-11,14(20)21)10-12-3-2-4-13(9-12)16(17,18)19/h2-4,9,11H,5-8,10H2,1H3,(H,20,21). The maximum Gasteiger partial charge on any atom is 0.416 e. The van der Waals surface area contributed by atoms with Gasteiger partial charge >= 0.3 is 12.1 Å². The summed E-state index contributed by atoms with van der Waals surface area (Å²) in [5.41, 5.74) is -1.19. The van der Waals surface area contributed by atoms with Crippen molar-refractivity contribution in [3.63, 3.8) is 0 Å². The molecule has 0 aromatic heterocycles. The van der Waals surface area contributed by atoms with Crippen molar-refractivity contribution in [2.45, 2.75) is 45.2 Å². The number of halogens is 3. The van der Waals surface area contributed by atoms with E-state index in [0.717, 1.165) is 25.0 Å². The molecule has 0 radical (unpaired) electrons. The molecule has 0 aliphatic heterocycles. The van der Waals surface area contributed by atoms with Gasteiger partial charge in [0.1, 0.15) is 0 Å². The van der Waals surface area contributed by atoms with Crippen LogP contribution >= 0.6 is 0 Å². The van der Waals surface area contributed by atoms with Gasteiger partial charge in [-0.2, -0.15) is 13.2 Å². The summed E-state index contributed by atoms with van der Waals surface area (Å²) in [5.74, 6) is -0.411. The normalized spacial score (nSPS) is 26.6. The molecule has 1 aromatic carbocycles. The third kappa shape index (κ3) is 3.57. The summed E-state index contributed by atoms with van der Waals surface area (Å²) in [6, 6.07) is 5.01. The third-order valence-electron chi connectivity index (χ3n) is 4.48. The van der Waals surface area contributed by atoms with Crippen molar-refractivity contribution in [1.29, 1.82) is 0 Å². The van der Waals surface area contributed by atoms with Crippen molar-refractivity contribution in [1.82, 2.24) is 0 Å². The van der Waals surface area contributed by atoms with Crippen LogP contribution < -0.4 is 0 Å². The van der Waals surface area contributed by atoms with Gasteiger partial charge in [-0.3, -0.25) is 4.79 Å². The molecule has 0 saturated heterocycles. The predicted octanol–water partition coefficient (Wildman–Crippen LogP) is 4.53. The lowest BCUT2D eigenvalue weighted by Crippen LogP contribution is -2.37. The zero-order valence-electron chi connectivity index (χ0n) is 11.9. The highest BCUT2D eigenvalue weighted by Gasteiger charge is 2.41. The van der Waals surface area contributed by atoms with Gasteiger partial charge in [-0.15, -0.1) is 0 Å². The molecular formula is C16H19F3O2. The Bertz CT molecular complexity index is 514. The Hall–Kier alpha value is -1.52. The van der Waals surface area contributed by atoms with E-state index in [-0.39, 0.29) is 6.42 Å². The van der Waals surface area contributed by atoms with Gasteiger partial charge in [-0.05, 0) is 49.7 Å². The Morgan fingerprint density at radius 1 is 1.33 bits per heavy atom. The van der Waals surface area contributed by atoms with Gasteiger partial charge in [0.15, 0.2) is 0 Å². The number of carbonyl (C=O) groups is 1. The van der Waals surface area contributed by atoms with Gasteiger partial charge in [0.05, 0.1) is 11.0 Å². The van der Waals surface area contributed by atoms with Crippen LogP contribution in [0.4, 0.5) is 13.2 Å². The van der Waals surface area contributed by atoms with E-state index < -0.39 is 23.1 Å². The summed E-state index contributed by atoms with van der Waals surface area (Å²) in [5, 5.41) is 9.54. The molecule has 0 amide bonds. The molecule has 0 unspecified atom stereocenters. The molecule has 21 heavy (non-hydrogen) atoms. The molecule has 5 heteroatoms. The van der Waals surface area contributed by atoms with E-state index in [1.807, 2.05) is 0 Å². The highest BCUT2D eigenvalue weighted by molar-refractivity contribution is 5.75. The van der Waals surface area contributed by atoms with Crippen molar-refractivity contribution in [2.24, 2.45) is 11.3 Å². The van der Waals surface area contributed by atoms with E-state index in [0.29, 0.717) is 24.3 Å². The number of hydrogen-bond acceptors (Lipinski definition) is 1. The predicted molar refractivity (Wildman–Crippen MR) is 72.8 cm³/mol. The monoisotopic (exact) mass is 300 g/mol. The Morgan fingerprint density at radius 2 is 1.95 bits per heavy atom. The average Bonchev–Trinajstić information content (AvgIpc) is 2.41. The minimum absolute atomic E-state index is 0.166. The molecule has 1 aromatic rings. The van der Waals surface area contributed by atoms with Crippen molar-refractivity contribution < 1.29 is 23.1 Å². The topological polar surface area (TPSA) is 37.3 Å². The van der Waals surface area contributed by atoms with Crippen molar-refractivity contribution in [3.8, 4) is 0 Å². The highest BCUT2D eigenvalue weighted by Crippen LogP contribution is 2.42. The minimum atomic E-state index is -4.40. The smallest absolute Gasteiger partial charge is 0.416 e. The first-order valence-corrected chi connectivity index (χ1v) is 7.12. The van der Waals surface area contributed by atoms with Gasteiger partial charge < -0.3 is 5.11 Å². The van der Waals surface area contributed by atoms with E-state index in [2.05, 4.69) is 6.92 Å². The van der Waals surface area contributed by atoms with Gasteiger partial charge in [0.25, 0.3) is 0 Å². The van der Waals surface area contributed by atoms with Crippen LogP contribution in [0.2, 0.25) is 0 Å². The Balaban J connectivity index is 2.24. The molecule has 2 rings (SSSR count). The lowest BCUT2D eigenvalue weighted by molar-refractivity contribution is -0.151. The quantitative estimate of drug-likeness (QED) is 0.890. The Kier molecular flexibility index (Phi) is 4.30. The van der Waals surface area contributed by atoms with Crippen LogP contribution in [-0.4, -0.2) is 11.1 Å².